The summed E-state index contributed by atoms with van der Waals surface area (Å²) in [6, 6.07) is 5.79. The van der Waals surface area contributed by atoms with Gasteiger partial charge in [0.15, 0.2) is 12.2 Å². The molecule has 14 heteroatoms. The Kier molecular flexibility index (Phi) is 12.7. The Morgan fingerprint density at radius 2 is 1.60 bits per heavy atom. The number of ether oxygens (including phenoxy) is 7. The monoisotopic (exact) mass is 633 g/mol. The molecular weight excluding hydrogens is 590 g/mol. The molecule has 1 aliphatic rings. The van der Waals surface area contributed by atoms with E-state index < -0.39 is 54.6 Å². The molecule has 0 aliphatic carbocycles. The van der Waals surface area contributed by atoms with Crippen LogP contribution in [0.3, 0.4) is 0 Å². The van der Waals surface area contributed by atoms with E-state index in [4.69, 9.17) is 38.9 Å². The predicted octanol–water partition coefficient (Wildman–Crippen LogP) is 2.62. The molecule has 0 amide bonds. The average Bonchev–Trinajstić information content (AvgIpc) is 3.34. The molecule has 3 N–H and O–H groups in total. The van der Waals surface area contributed by atoms with Crippen molar-refractivity contribution in [2.75, 3.05) is 19.8 Å². The van der Waals surface area contributed by atoms with E-state index in [1.54, 1.807) is 0 Å². The third-order valence-corrected chi connectivity index (χ3v) is 6.91. The quantitative estimate of drug-likeness (QED) is 0.176. The number of hydrogen-bond donors (Lipinski definition) is 2. The number of rotatable bonds is 14. The first-order chi connectivity index (χ1) is 21.3. The highest BCUT2D eigenvalue weighted by molar-refractivity contribution is 5.68. The molecule has 248 valence electrons. The van der Waals surface area contributed by atoms with Crippen molar-refractivity contribution in [1.82, 2.24) is 10.2 Å². The Bertz CT molecular complexity index is 1340. The van der Waals surface area contributed by atoms with Crippen LogP contribution in [-0.4, -0.2) is 84.5 Å². The molecule has 2 heterocycles. The zero-order valence-electron chi connectivity index (χ0n) is 26.7. The fraction of sp³-hybridized carbons (Fsp3) is 0.581. The maximum atomic E-state index is 12.2. The van der Waals surface area contributed by atoms with Gasteiger partial charge in [-0.3, -0.25) is 24.3 Å². The van der Waals surface area contributed by atoms with Crippen LogP contribution in [0.25, 0.3) is 0 Å². The van der Waals surface area contributed by atoms with Crippen LogP contribution in [-0.2, 0) is 49.3 Å². The maximum absolute atomic E-state index is 12.2. The first-order valence-corrected chi connectivity index (χ1v) is 14.8. The number of esters is 4. The maximum Gasteiger partial charge on any atom is 0.303 e. The standard InChI is InChI=1S/C31H43N3O11/c1-16(2)26-24(14-22-9-10-23(13-17(22)3)39-12-8-11-32)30(34-33-26)45-31-29(43-21(7)38)28(42-20(6)37)27(41-19(5)36)25(44-31)15-40-18(4)35/h9-10,13,16,25,27-29,31H,8,11-12,14-15,32H2,1-7H3,(H,33,34)/t25-,27-,28+,29-,31?/m1/s1. The van der Waals surface area contributed by atoms with Crippen molar-refractivity contribution in [2.24, 2.45) is 5.73 Å². The number of carbonyl (C=O) groups is 4. The largest absolute Gasteiger partial charge is 0.494 e. The normalized spacial score (nSPS) is 21.1. The Hall–Kier alpha value is -4.17. The molecule has 1 aromatic carbocycles. The summed E-state index contributed by atoms with van der Waals surface area (Å²) in [5.41, 5.74) is 9.06. The van der Waals surface area contributed by atoms with Gasteiger partial charge < -0.3 is 38.9 Å². The summed E-state index contributed by atoms with van der Waals surface area (Å²) >= 11 is 0. The molecule has 1 aromatic heterocycles. The van der Waals surface area contributed by atoms with E-state index in [9.17, 15) is 19.2 Å². The van der Waals surface area contributed by atoms with Gasteiger partial charge in [-0.05, 0) is 49.1 Å². The lowest BCUT2D eigenvalue weighted by Gasteiger charge is -2.43. The number of nitrogens with one attached hydrogen (secondary N) is 1. The zero-order valence-corrected chi connectivity index (χ0v) is 26.7. The highest BCUT2D eigenvalue weighted by Crippen LogP contribution is 2.34. The Morgan fingerprint density at radius 1 is 0.956 bits per heavy atom. The van der Waals surface area contributed by atoms with Crippen LogP contribution in [0, 0.1) is 6.92 Å². The van der Waals surface area contributed by atoms with Crippen molar-refractivity contribution >= 4 is 23.9 Å². The van der Waals surface area contributed by atoms with Crippen molar-refractivity contribution in [1.29, 1.82) is 0 Å². The van der Waals surface area contributed by atoms with Crippen LogP contribution >= 0.6 is 0 Å². The number of benzene rings is 1. The number of H-pyrrole nitrogens is 1. The second kappa shape index (κ2) is 16.2. The Morgan fingerprint density at radius 3 is 2.18 bits per heavy atom. The first-order valence-electron chi connectivity index (χ1n) is 14.8. The summed E-state index contributed by atoms with van der Waals surface area (Å²) in [5, 5.41) is 7.44. The van der Waals surface area contributed by atoms with Crippen molar-refractivity contribution in [3.05, 3.63) is 40.6 Å². The first kappa shape index (κ1) is 35.3. The zero-order chi connectivity index (χ0) is 33.3. The SMILES string of the molecule is CC(=O)OC[C@H]1OC(Oc2n[nH]c(C(C)C)c2Cc2ccc(OCCCN)cc2C)[C@H](OC(C)=O)[C@@H](OC(C)=O)[C@@H]1OC(C)=O. The van der Waals surface area contributed by atoms with Gasteiger partial charge in [-0.25, -0.2) is 0 Å². The van der Waals surface area contributed by atoms with E-state index in [2.05, 4.69) is 10.2 Å². The molecule has 1 fully saturated rings. The molecular formula is C31H43N3O11. The molecule has 0 spiro atoms. The fourth-order valence-electron chi connectivity index (χ4n) is 4.92. The molecule has 1 unspecified atom stereocenters. The van der Waals surface area contributed by atoms with Gasteiger partial charge in [0.25, 0.3) is 0 Å². The smallest absolute Gasteiger partial charge is 0.303 e. The van der Waals surface area contributed by atoms with Gasteiger partial charge >= 0.3 is 23.9 Å². The second-order valence-corrected chi connectivity index (χ2v) is 11.0. The van der Waals surface area contributed by atoms with Crippen LogP contribution in [0.5, 0.6) is 11.6 Å². The number of aryl methyl sites for hydroxylation is 1. The van der Waals surface area contributed by atoms with Crippen molar-refractivity contribution < 1.29 is 52.3 Å². The summed E-state index contributed by atoms with van der Waals surface area (Å²) in [6.45, 7) is 11.3. The van der Waals surface area contributed by atoms with Crippen molar-refractivity contribution in [3.8, 4) is 11.6 Å². The van der Waals surface area contributed by atoms with Crippen LogP contribution in [0.4, 0.5) is 0 Å². The van der Waals surface area contributed by atoms with Crippen molar-refractivity contribution in [2.45, 2.75) is 97.9 Å². The number of carbonyl (C=O) groups excluding carboxylic acids is 4. The lowest BCUT2D eigenvalue weighted by Crippen LogP contribution is -2.63. The molecule has 0 saturated carbocycles. The van der Waals surface area contributed by atoms with Gasteiger partial charge in [0, 0.05) is 45.4 Å². The molecule has 14 nitrogen and oxygen atoms in total. The third kappa shape index (κ3) is 9.91. The minimum atomic E-state index is -1.41. The van der Waals surface area contributed by atoms with Crippen LogP contribution < -0.4 is 15.2 Å². The van der Waals surface area contributed by atoms with Crippen molar-refractivity contribution in [3.63, 3.8) is 0 Å². The third-order valence-electron chi connectivity index (χ3n) is 6.91. The fourth-order valence-corrected chi connectivity index (χ4v) is 4.92. The van der Waals surface area contributed by atoms with E-state index in [0.29, 0.717) is 19.6 Å². The summed E-state index contributed by atoms with van der Waals surface area (Å²) in [4.78, 5) is 48.1. The highest BCUT2D eigenvalue weighted by atomic mass is 16.7. The van der Waals surface area contributed by atoms with Gasteiger partial charge in [0.1, 0.15) is 18.5 Å². The highest BCUT2D eigenvalue weighted by Gasteiger charge is 2.53. The topological polar surface area (TPSA) is 188 Å². The van der Waals surface area contributed by atoms with Crippen LogP contribution in [0.15, 0.2) is 18.2 Å². The lowest BCUT2D eigenvalue weighted by atomic mass is 9.96. The summed E-state index contributed by atoms with van der Waals surface area (Å²) in [7, 11) is 0. The molecule has 0 bridgehead atoms. The molecule has 45 heavy (non-hydrogen) atoms. The van der Waals surface area contributed by atoms with Gasteiger partial charge in [0.2, 0.25) is 18.3 Å². The van der Waals surface area contributed by atoms with E-state index in [1.807, 2.05) is 39.0 Å². The minimum absolute atomic E-state index is 0.0272. The van der Waals surface area contributed by atoms with Gasteiger partial charge in [-0.2, -0.15) is 0 Å². The molecule has 0 radical (unpaired) electrons. The van der Waals surface area contributed by atoms with E-state index in [0.717, 1.165) is 55.3 Å². The van der Waals surface area contributed by atoms with Gasteiger partial charge in [0.05, 0.1) is 6.61 Å². The second-order valence-electron chi connectivity index (χ2n) is 11.0. The molecule has 1 aliphatic heterocycles. The summed E-state index contributed by atoms with van der Waals surface area (Å²) < 4.78 is 39.8. The number of aromatic nitrogens is 2. The van der Waals surface area contributed by atoms with E-state index in [-0.39, 0.29) is 18.4 Å². The Labute approximate surface area is 262 Å². The van der Waals surface area contributed by atoms with E-state index in [1.165, 1.54) is 6.92 Å². The molecule has 3 rings (SSSR count). The Balaban J connectivity index is 2.01. The molecule has 1 saturated heterocycles. The minimum Gasteiger partial charge on any atom is -0.494 e. The predicted molar refractivity (Wildman–Crippen MR) is 158 cm³/mol. The van der Waals surface area contributed by atoms with Crippen LogP contribution in [0.2, 0.25) is 0 Å². The molecule has 5 atom stereocenters. The summed E-state index contributed by atoms with van der Waals surface area (Å²) in [5.74, 6) is -1.90. The lowest BCUT2D eigenvalue weighted by molar-refractivity contribution is -0.289. The van der Waals surface area contributed by atoms with Crippen LogP contribution in [0.1, 0.15) is 76.3 Å². The summed E-state index contributed by atoms with van der Waals surface area (Å²) in [6.07, 6.45) is -5.45. The van der Waals surface area contributed by atoms with Gasteiger partial charge in [-0.1, -0.05) is 19.9 Å². The van der Waals surface area contributed by atoms with E-state index >= 15 is 0 Å². The average molecular weight is 634 g/mol. The molecule has 2 aromatic rings. The number of nitrogens with two attached hydrogens (primary N) is 1. The van der Waals surface area contributed by atoms with Gasteiger partial charge in [-0.15, -0.1) is 5.10 Å². The number of aromatic amines is 1. The number of hydrogen-bond acceptors (Lipinski definition) is 13. The number of nitrogens with zero attached hydrogens (tertiary/aromatic N) is 1.